The van der Waals surface area contributed by atoms with Crippen molar-refractivity contribution in [1.29, 1.82) is 0 Å². The van der Waals surface area contributed by atoms with Gasteiger partial charge in [0, 0.05) is 42.5 Å². The maximum Gasteiger partial charge on any atom is 0.519 e. The molecule has 260 valence electrons. The molecule has 19 nitrogen and oxygen atoms in total. The summed E-state index contributed by atoms with van der Waals surface area (Å²) in [4.78, 5) is 79.3. The average molecular weight is 719 g/mol. The fourth-order valence-corrected chi connectivity index (χ4v) is 7.21. The number of thioether (sulfide) groups is 1. The highest BCUT2D eigenvalue weighted by molar-refractivity contribution is 8.00. The molecule has 2 aromatic rings. The smallest absolute Gasteiger partial charge is 0.477 e. The molecule has 0 unspecified atom stereocenters. The standard InChI is InChI=1S/C15H18N2O6.C13H12N6O5S2/c1-9-3-6-17(13(9)18)11-4-5-16(7-11)14(19)21-8-12-10(2)22-15(20)23-12;1-2-4-3-25-11-6(10(21)19(11)7(4)12(22)23)15-9(20)5(17-24)8-16-13(14)26-18-8/h11H,1,3-8H2,2H3;2,6,11,24H,1,3H2,(H,15,20)(H,22,23)(H2,14,16,18)/b;17-5-/t11-;6-,11-/m11/s1. The summed E-state index contributed by atoms with van der Waals surface area (Å²) in [5, 5.41) is 23.2. The zero-order valence-corrected chi connectivity index (χ0v) is 27.5. The van der Waals surface area contributed by atoms with Crippen molar-refractivity contribution >= 4 is 63.9 Å². The summed E-state index contributed by atoms with van der Waals surface area (Å²) in [6, 6.07) is -0.969. The number of nitrogens with one attached hydrogen (secondary N) is 1. The zero-order chi connectivity index (χ0) is 35.6. The van der Waals surface area contributed by atoms with Crippen LogP contribution in [0.4, 0.5) is 9.93 Å². The van der Waals surface area contributed by atoms with Gasteiger partial charge in [0.2, 0.25) is 17.4 Å². The monoisotopic (exact) mass is 718 g/mol. The lowest BCUT2D eigenvalue weighted by Gasteiger charge is -2.49. The molecule has 0 spiro atoms. The lowest BCUT2D eigenvalue weighted by molar-refractivity contribution is -0.150. The first-order chi connectivity index (χ1) is 23.3. The maximum absolute atomic E-state index is 12.4. The Hall–Kier alpha value is -5.44. The number of fused-ring (bicyclic) bond motifs is 1. The fourth-order valence-electron chi connectivity index (χ4n) is 5.43. The molecule has 3 fully saturated rings. The van der Waals surface area contributed by atoms with Gasteiger partial charge < -0.3 is 44.7 Å². The number of anilines is 1. The molecule has 4 aliphatic heterocycles. The number of nitrogen functional groups attached to an aromatic ring is 1. The van der Waals surface area contributed by atoms with Gasteiger partial charge in [-0.2, -0.15) is 9.36 Å². The second-order valence-corrected chi connectivity index (χ2v) is 12.8. The lowest BCUT2D eigenvalue weighted by Crippen LogP contribution is -2.71. The van der Waals surface area contributed by atoms with E-state index in [1.54, 1.807) is 16.7 Å². The molecule has 21 heteroatoms. The summed E-state index contributed by atoms with van der Waals surface area (Å²) in [5.74, 6) is -2.90. The Morgan fingerprint density at radius 1 is 1.24 bits per heavy atom. The largest absolute Gasteiger partial charge is 0.519 e. The first kappa shape index (κ1) is 34.9. The van der Waals surface area contributed by atoms with Gasteiger partial charge in [0.25, 0.3) is 11.8 Å². The predicted octanol–water partition coefficient (Wildman–Crippen LogP) is 0.264. The van der Waals surface area contributed by atoms with E-state index >= 15 is 0 Å². The van der Waals surface area contributed by atoms with Crippen LogP contribution in [0.1, 0.15) is 30.2 Å². The quantitative estimate of drug-likeness (QED) is 0.0938. The molecule has 0 radical (unpaired) electrons. The van der Waals surface area contributed by atoms with Crippen LogP contribution in [0.25, 0.3) is 0 Å². The van der Waals surface area contributed by atoms with Crippen LogP contribution < -0.4 is 16.9 Å². The number of aryl methyl sites for hydroxylation is 1. The highest BCUT2D eigenvalue weighted by Crippen LogP contribution is 2.40. The molecule has 0 aliphatic carbocycles. The van der Waals surface area contributed by atoms with Gasteiger partial charge in [0.1, 0.15) is 17.1 Å². The first-order valence-electron chi connectivity index (χ1n) is 14.5. The number of likely N-dealkylation sites (tertiary alicyclic amines) is 2. The minimum absolute atomic E-state index is 0.00268. The number of allylic oxidation sites excluding steroid dienone is 1. The topological polar surface area (TPSA) is 264 Å². The number of amides is 4. The second kappa shape index (κ2) is 14.4. The van der Waals surface area contributed by atoms with E-state index in [0.717, 1.165) is 16.4 Å². The van der Waals surface area contributed by atoms with E-state index in [0.29, 0.717) is 55.1 Å². The Labute approximate surface area is 284 Å². The molecule has 6 rings (SSSR count). The van der Waals surface area contributed by atoms with Gasteiger partial charge in [-0.05, 0) is 25.3 Å². The molecule has 0 bridgehead atoms. The number of β-lactam (4-membered cyclic amide) rings is 1. The normalized spacial score (nSPS) is 22.0. The van der Waals surface area contributed by atoms with Crippen LogP contribution in [0.5, 0.6) is 0 Å². The van der Waals surface area contributed by atoms with Gasteiger partial charge in [-0.25, -0.2) is 14.4 Å². The van der Waals surface area contributed by atoms with Gasteiger partial charge in [-0.3, -0.25) is 19.3 Å². The predicted molar refractivity (Wildman–Crippen MR) is 170 cm³/mol. The first-order valence-corrected chi connectivity index (χ1v) is 16.3. The molecular weight excluding hydrogens is 688 g/mol. The highest BCUT2D eigenvalue weighted by atomic mass is 32.2. The Balaban J connectivity index is 0.000000192. The number of ether oxygens (including phenoxy) is 1. The van der Waals surface area contributed by atoms with E-state index in [-0.39, 0.29) is 41.0 Å². The van der Waals surface area contributed by atoms with E-state index in [2.05, 4.69) is 33.0 Å². The van der Waals surface area contributed by atoms with E-state index in [9.17, 15) is 33.9 Å². The number of nitrogens with zero attached hydrogens (tertiary/aromatic N) is 6. The molecule has 4 aliphatic rings. The number of hydrogen-bond acceptors (Lipinski definition) is 16. The minimum atomic E-state index is -1.25. The number of rotatable bonds is 8. The summed E-state index contributed by atoms with van der Waals surface area (Å²) in [6.45, 7) is 10.3. The van der Waals surface area contributed by atoms with Crippen LogP contribution in [-0.2, 0) is 30.5 Å². The summed E-state index contributed by atoms with van der Waals surface area (Å²) in [7, 11) is 0. The van der Waals surface area contributed by atoms with Crippen molar-refractivity contribution in [2.24, 2.45) is 5.16 Å². The number of oxime groups is 1. The maximum atomic E-state index is 12.4. The number of carboxylic acid groups (broad SMARTS) is 1. The summed E-state index contributed by atoms with van der Waals surface area (Å²) < 4.78 is 18.4. The number of nitrogens with two attached hydrogens (primary N) is 1. The van der Waals surface area contributed by atoms with E-state index < -0.39 is 46.8 Å². The van der Waals surface area contributed by atoms with E-state index in [1.807, 2.05) is 0 Å². The zero-order valence-electron chi connectivity index (χ0n) is 25.8. The van der Waals surface area contributed by atoms with Crippen molar-refractivity contribution < 1.29 is 47.9 Å². The number of carbonyl (C=O) groups excluding carboxylic acids is 4. The van der Waals surface area contributed by atoms with Crippen LogP contribution in [0, 0.1) is 6.92 Å². The Morgan fingerprint density at radius 3 is 2.57 bits per heavy atom. The SMILES string of the molecule is C=C1CCN([C@@H]2CCN(C(=O)OCc3oc(=O)oc3C)C2)C1=O.C=CC1=C(C(=O)O)N2C(=O)[C@@H](NC(=O)/C(=N\O)c3nsc(N)n3)[C@H]2SC1. The third kappa shape index (κ3) is 7.06. The molecule has 49 heavy (non-hydrogen) atoms. The summed E-state index contributed by atoms with van der Waals surface area (Å²) in [5.41, 5.74) is 5.84. The van der Waals surface area contributed by atoms with Crippen LogP contribution in [0.2, 0.25) is 0 Å². The third-order valence-corrected chi connectivity index (χ3v) is 9.79. The molecule has 6 heterocycles. The summed E-state index contributed by atoms with van der Waals surface area (Å²) in [6.07, 6.45) is 2.29. The number of aliphatic carboxylic acids is 1. The van der Waals surface area contributed by atoms with E-state index in [1.165, 1.54) is 17.8 Å². The molecule has 4 amide bonds. The molecular formula is C28H30N8O11S2. The fraction of sp³-hybridized carbons (Fsp3) is 0.393. The molecule has 5 N–H and O–H groups in total. The molecule has 0 aromatic carbocycles. The van der Waals surface area contributed by atoms with Gasteiger partial charge in [0.15, 0.2) is 23.3 Å². The molecule has 3 atom stereocenters. The summed E-state index contributed by atoms with van der Waals surface area (Å²) >= 11 is 2.10. The Bertz CT molecular complexity index is 1850. The van der Waals surface area contributed by atoms with Crippen LogP contribution in [0.15, 0.2) is 54.9 Å². The number of carboxylic acids is 1. The van der Waals surface area contributed by atoms with Gasteiger partial charge in [0.05, 0.1) is 6.04 Å². The van der Waals surface area contributed by atoms with E-state index in [4.69, 9.17) is 24.5 Å². The van der Waals surface area contributed by atoms with Crippen molar-refractivity contribution in [3.8, 4) is 0 Å². The van der Waals surface area contributed by atoms with Crippen LogP contribution in [0.3, 0.4) is 0 Å². The van der Waals surface area contributed by atoms with Crippen molar-refractivity contribution in [3.63, 3.8) is 0 Å². The number of carbonyl (C=O) groups is 5. The second-order valence-electron chi connectivity index (χ2n) is 10.9. The van der Waals surface area contributed by atoms with Crippen molar-refractivity contribution in [3.05, 3.63) is 64.0 Å². The average Bonchev–Trinajstić information content (AvgIpc) is 3.87. The van der Waals surface area contributed by atoms with Crippen LogP contribution in [-0.4, -0.2) is 113 Å². The Kier molecular flexibility index (Phi) is 10.2. The highest BCUT2D eigenvalue weighted by Gasteiger charge is 2.54. The number of hydrogen-bond donors (Lipinski definition) is 4. The van der Waals surface area contributed by atoms with Gasteiger partial charge in [-0.1, -0.05) is 24.4 Å². The van der Waals surface area contributed by atoms with Crippen LogP contribution >= 0.6 is 23.3 Å². The minimum Gasteiger partial charge on any atom is -0.477 e. The van der Waals surface area contributed by atoms with Crippen molar-refractivity contribution in [2.75, 3.05) is 31.1 Å². The number of aromatic nitrogens is 2. The van der Waals surface area contributed by atoms with Gasteiger partial charge >= 0.3 is 17.9 Å². The third-order valence-electron chi connectivity index (χ3n) is 7.94. The van der Waals surface area contributed by atoms with Crippen molar-refractivity contribution in [1.82, 2.24) is 29.4 Å². The Morgan fingerprint density at radius 2 is 2.00 bits per heavy atom. The van der Waals surface area contributed by atoms with Crippen molar-refractivity contribution in [2.45, 2.75) is 43.8 Å². The lowest BCUT2D eigenvalue weighted by atomic mass is 10.0. The molecule has 0 saturated carbocycles. The van der Waals surface area contributed by atoms with Gasteiger partial charge in [-0.15, -0.1) is 11.8 Å². The molecule has 3 saturated heterocycles. The molecule has 2 aromatic heterocycles.